The lowest BCUT2D eigenvalue weighted by Gasteiger charge is -2.24. The molecule has 6 heteroatoms. The highest BCUT2D eigenvalue weighted by Crippen LogP contribution is 2.22. The van der Waals surface area contributed by atoms with Gasteiger partial charge < -0.3 is 9.80 Å². The summed E-state index contributed by atoms with van der Waals surface area (Å²) < 4.78 is 0. The van der Waals surface area contributed by atoms with Gasteiger partial charge in [-0.3, -0.25) is 0 Å². The van der Waals surface area contributed by atoms with Crippen LogP contribution in [0.25, 0.3) is 0 Å². The van der Waals surface area contributed by atoms with Crippen molar-refractivity contribution in [3.63, 3.8) is 0 Å². The zero-order chi connectivity index (χ0) is 16.3. The Hall–Kier alpha value is -2.24. The Morgan fingerprint density at radius 2 is 1.74 bits per heavy atom. The third-order valence-corrected chi connectivity index (χ3v) is 4.07. The summed E-state index contributed by atoms with van der Waals surface area (Å²) in [5.41, 5.74) is 1.12. The average molecular weight is 312 g/mol. The molecule has 0 N–H and O–H groups in total. The highest BCUT2D eigenvalue weighted by molar-refractivity contribution is 5.39. The summed E-state index contributed by atoms with van der Waals surface area (Å²) >= 11 is 0. The van der Waals surface area contributed by atoms with Gasteiger partial charge in [0.15, 0.2) is 5.82 Å². The van der Waals surface area contributed by atoms with Crippen LogP contribution in [-0.4, -0.2) is 46.3 Å². The topological polar surface area (TPSA) is 58.0 Å². The van der Waals surface area contributed by atoms with Gasteiger partial charge in [-0.1, -0.05) is 20.8 Å². The Morgan fingerprint density at radius 3 is 2.48 bits per heavy atom. The minimum atomic E-state index is 0.0369. The molecule has 3 rings (SSSR count). The van der Waals surface area contributed by atoms with E-state index in [1.807, 2.05) is 24.4 Å². The van der Waals surface area contributed by atoms with Crippen LogP contribution in [0.2, 0.25) is 0 Å². The first-order chi connectivity index (χ1) is 11.0. The highest BCUT2D eigenvalue weighted by atomic mass is 15.3. The molecule has 2 aromatic rings. The van der Waals surface area contributed by atoms with Crippen LogP contribution in [0, 0.1) is 0 Å². The van der Waals surface area contributed by atoms with Gasteiger partial charge in [-0.2, -0.15) is 5.10 Å². The Labute approximate surface area is 137 Å². The van der Waals surface area contributed by atoms with E-state index in [9.17, 15) is 0 Å². The van der Waals surface area contributed by atoms with Crippen molar-refractivity contribution in [1.29, 1.82) is 0 Å². The Balaban J connectivity index is 1.73. The van der Waals surface area contributed by atoms with Crippen molar-refractivity contribution < 1.29 is 0 Å². The van der Waals surface area contributed by atoms with E-state index in [0.717, 1.165) is 50.1 Å². The Morgan fingerprint density at radius 1 is 0.957 bits per heavy atom. The summed E-state index contributed by atoms with van der Waals surface area (Å²) in [6, 6.07) is 5.95. The van der Waals surface area contributed by atoms with Crippen LogP contribution in [-0.2, 0) is 5.41 Å². The Kier molecular flexibility index (Phi) is 4.41. The van der Waals surface area contributed by atoms with Crippen LogP contribution >= 0.6 is 0 Å². The van der Waals surface area contributed by atoms with Gasteiger partial charge in [0.1, 0.15) is 0 Å². The molecule has 2 aromatic heterocycles. The molecule has 0 bridgehead atoms. The molecule has 1 aliphatic heterocycles. The largest absolute Gasteiger partial charge is 0.353 e. The zero-order valence-corrected chi connectivity index (χ0v) is 14.1. The SMILES string of the molecule is CC(C)(C)c1ccnc(N2CCCN(c3cccnn3)CC2)n1. The number of nitrogens with zero attached hydrogens (tertiary/aromatic N) is 6. The van der Waals surface area contributed by atoms with Gasteiger partial charge in [-0.05, 0) is 24.6 Å². The molecule has 0 spiro atoms. The first-order valence-corrected chi connectivity index (χ1v) is 8.15. The molecule has 0 aliphatic carbocycles. The number of rotatable bonds is 2. The minimum Gasteiger partial charge on any atom is -0.353 e. The predicted octanol–water partition coefficient (Wildman–Crippen LogP) is 2.28. The van der Waals surface area contributed by atoms with E-state index in [0.29, 0.717) is 0 Å². The molecule has 0 aromatic carbocycles. The number of anilines is 2. The molecule has 0 radical (unpaired) electrons. The van der Waals surface area contributed by atoms with Crippen LogP contribution in [0.15, 0.2) is 30.6 Å². The molecule has 0 amide bonds. The smallest absolute Gasteiger partial charge is 0.225 e. The van der Waals surface area contributed by atoms with Gasteiger partial charge in [0.05, 0.1) is 5.69 Å². The molecular formula is C17H24N6. The van der Waals surface area contributed by atoms with Gasteiger partial charge >= 0.3 is 0 Å². The molecular weight excluding hydrogens is 288 g/mol. The van der Waals surface area contributed by atoms with Gasteiger partial charge in [0.2, 0.25) is 5.95 Å². The van der Waals surface area contributed by atoms with Crippen LogP contribution in [0.4, 0.5) is 11.8 Å². The maximum atomic E-state index is 4.78. The summed E-state index contributed by atoms with van der Waals surface area (Å²) in [5, 5.41) is 8.19. The second-order valence-electron chi connectivity index (χ2n) is 6.90. The lowest BCUT2D eigenvalue weighted by Crippen LogP contribution is -2.32. The van der Waals surface area contributed by atoms with Crippen molar-refractivity contribution in [3.8, 4) is 0 Å². The molecule has 6 nitrogen and oxygen atoms in total. The fraction of sp³-hybridized carbons (Fsp3) is 0.529. The third kappa shape index (κ3) is 3.75. The lowest BCUT2D eigenvalue weighted by molar-refractivity contribution is 0.565. The molecule has 1 saturated heterocycles. The molecule has 122 valence electrons. The van der Waals surface area contributed by atoms with Gasteiger partial charge in [0, 0.05) is 44.0 Å². The molecule has 1 fully saturated rings. The van der Waals surface area contributed by atoms with Crippen LogP contribution in [0.3, 0.4) is 0 Å². The van der Waals surface area contributed by atoms with Crippen LogP contribution in [0.5, 0.6) is 0 Å². The third-order valence-electron chi connectivity index (χ3n) is 4.07. The fourth-order valence-corrected chi connectivity index (χ4v) is 2.73. The number of hydrogen-bond acceptors (Lipinski definition) is 6. The van der Waals surface area contributed by atoms with Crippen molar-refractivity contribution in [2.45, 2.75) is 32.6 Å². The maximum Gasteiger partial charge on any atom is 0.225 e. The summed E-state index contributed by atoms with van der Waals surface area (Å²) in [4.78, 5) is 13.8. The maximum absolute atomic E-state index is 4.78. The Bertz CT molecular complexity index is 637. The molecule has 23 heavy (non-hydrogen) atoms. The first kappa shape index (κ1) is 15.6. The van der Waals surface area contributed by atoms with Crippen molar-refractivity contribution >= 4 is 11.8 Å². The summed E-state index contributed by atoms with van der Waals surface area (Å²) in [6.45, 7) is 10.3. The minimum absolute atomic E-state index is 0.0369. The van der Waals surface area contributed by atoms with Gasteiger partial charge in [-0.15, -0.1) is 5.10 Å². The zero-order valence-electron chi connectivity index (χ0n) is 14.1. The van der Waals surface area contributed by atoms with Crippen molar-refractivity contribution in [2.24, 2.45) is 0 Å². The van der Waals surface area contributed by atoms with Crippen molar-refractivity contribution in [2.75, 3.05) is 36.0 Å². The van der Waals surface area contributed by atoms with Gasteiger partial charge in [0.25, 0.3) is 0 Å². The monoisotopic (exact) mass is 312 g/mol. The quantitative estimate of drug-likeness (QED) is 0.848. The van der Waals surface area contributed by atoms with Crippen LogP contribution < -0.4 is 9.80 Å². The van der Waals surface area contributed by atoms with E-state index in [-0.39, 0.29) is 5.41 Å². The van der Waals surface area contributed by atoms with E-state index in [1.54, 1.807) is 6.20 Å². The number of hydrogen-bond donors (Lipinski definition) is 0. The van der Waals surface area contributed by atoms with E-state index >= 15 is 0 Å². The summed E-state index contributed by atoms with van der Waals surface area (Å²) in [5.74, 6) is 1.78. The van der Waals surface area contributed by atoms with Crippen molar-refractivity contribution in [1.82, 2.24) is 20.2 Å². The standard InChI is InChI=1S/C17H24N6/c1-17(2,3)14-7-9-18-16(20-14)23-11-5-10-22(12-13-23)15-6-4-8-19-21-15/h4,6-9H,5,10-13H2,1-3H3. The first-order valence-electron chi connectivity index (χ1n) is 8.15. The molecule has 1 aliphatic rings. The number of aromatic nitrogens is 4. The predicted molar refractivity (Wildman–Crippen MR) is 91.8 cm³/mol. The van der Waals surface area contributed by atoms with E-state index in [2.05, 4.69) is 45.8 Å². The second kappa shape index (κ2) is 6.48. The highest BCUT2D eigenvalue weighted by Gasteiger charge is 2.21. The lowest BCUT2D eigenvalue weighted by atomic mass is 9.92. The summed E-state index contributed by atoms with van der Waals surface area (Å²) in [6.07, 6.45) is 4.63. The van der Waals surface area contributed by atoms with Gasteiger partial charge in [-0.25, -0.2) is 9.97 Å². The summed E-state index contributed by atoms with van der Waals surface area (Å²) in [7, 11) is 0. The molecule has 0 saturated carbocycles. The van der Waals surface area contributed by atoms with Crippen molar-refractivity contribution in [3.05, 3.63) is 36.3 Å². The second-order valence-corrected chi connectivity index (χ2v) is 6.90. The molecule has 0 atom stereocenters. The van der Waals surface area contributed by atoms with E-state index < -0.39 is 0 Å². The molecule has 3 heterocycles. The normalized spacial score (nSPS) is 16.3. The fourth-order valence-electron chi connectivity index (χ4n) is 2.73. The average Bonchev–Trinajstić information content (AvgIpc) is 2.81. The molecule has 0 unspecified atom stereocenters. The van der Waals surface area contributed by atoms with E-state index in [4.69, 9.17) is 4.98 Å². The van der Waals surface area contributed by atoms with E-state index in [1.165, 1.54) is 0 Å². The van der Waals surface area contributed by atoms with Crippen LogP contribution in [0.1, 0.15) is 32.9 Å².